The molecule has 0 aliphatic heterocycles. The Morgan fingerprint density at radius 2 is 1.89 bits per heavy atom. The van der Waals surface area contributed by atoms with E-state index in [2.05, 4.69) is 15.9 Å². The SMILES string of the molecule is O=C(O)c1ccc(OCc2ccc(Br)cc2Cl)cc1. The Hall–Kier alpha value is -1.52. The molecule has 19 heavy (non-hydrogen) atoms. The molecule has 0 fully saturated rings. The molecule has 0 radical (unpaired) electrons. The van der Waals surface area contributed by atoms with Crippen LogP contribution in [-0.2, 0) is 6.61 Å². The minimum Gasteiger partial charge on any atom is -0.489 e. The Morgan fingerprint density at radius 3 is 2.47 bits per heavy atom. The fraction of sp³-hybridized carbons (Fsp3) is 0.0714. The van der Waals surface area contributed by atoms with E-state index in [4.69, 9.17) is 21.4 Å². The Morgan fingerprint density at radius 1 is 1.21 bits per heavy atom. The molecule has 0 aliphatic carbocycles. The summed E-state index contributed by atoms with van der Waals surface area (Å²) >= 11 is 9.41. The molecule has 2 rings (SSSR count). The first-order chi connectivity index (χ1) is 9.06. The van der Waals surface area contributed by atoms with Crippen LogP contribution in [0.5, 0.6) is 5.75 Å². The highest BCUT2D eigenvalue weighted by Crippen LogP contribution is 2.23. The third-order valence-electron chi connectivity index (χ3n) is 2.51. The van der Waals surface area contributed by atoms with Crippen molar-refractivity contribution in [2.75, 3.05) is 0 Å². The first kappa shape index (κ1) is 13.9. The molecule has 0 unspecified atom stereocenters. The number of hydrogen-bond acceptors (Lipinski definition) is 2. The highest BCUT2D eigenvalue weighted by atomic mass is 79.9. The number of ether oxygens (including phenoxy) is 1. The number of benzene rings is 2. The van der Waals surface area contributed by atoms with E-state index in [0.717, 1.165) is 10.0 Å². The molecular formula is C14H10BrClO3. The maximum absolute atomic E-state index is 10.7. The van der Waals surface area contributed by atoms with Crippen molar-refractivity contribution < 1.29 is 14.6 Å². The normalized spacial score (nSPS) is 10.2. The average molecular weight is 342 g/mol. The number of carboxylic acids is 1. The zero-order valence-corrected chi connectivity index (χ0v) is 12.1. The lowest BCUT2D eigenvalue weighted by Gasteiger charge is -2.08. The fourth-order valence-electron chi connectivity index (χ4n) is 1.49. The average Bonchev–Trinajstić information content (AvgIpc) is 2.38. The van der Waals surface area contributed by atoms with Gasteiger partial charge in [0, 0.05) is 15.1 Å². The molecule has 0 aliphatic rings. The van der Waals surface area contributed by atoms with E-state index in [1.165, 1.54) is 12.1 Å². The molecule has 0 heterocycles. The predicted octanol–water partition coefficient (Wildman–Crippen LogP) is 4.38. The Balaban J connectivity index is 2.04. The van der Waals surface area contributed by atoms with Gasteiger partial charge in [0.2, 0.25) is 0 Å². The van der Waals surface area contributed by atoms with Crippen molar-refractivity contribution in [3.05, 3.63) is 63.1 Å². The van der Waals surface area contributed by atoms with Crippen molar-refractivity contribution in [1.29, 1.82) is 0 Å². The summed E-state index contributed by atoms with van der Waals surface area (Å²) in [5.41, 5.74) is 1.10. The number of aromatic carboxylic acids is 1. The maximum atomic E-state index is 10.7. The lowest BCUT2D eigenvalue weighted by atomic mass is 10.2. The van der Waals surface area contributed by atoms with Crippen molar-refractivity contribution >= 4 is 33.5 Å². The molecule has 1 N–H and O–H groups in total. The van der Waals surface area contributed by atoms with Crippen LogP contribution in [0.3, 0.4) is 0 Å². The van der Waals surface area contributed by atoms with Crippen LogP contribution in [0, 0.1) is 0 Å². The molecule has 0 spiro atoms. The molecule has 0 saturated heterocycles. The monoisotopic (exact) mass is 340 g/mol. The van der Waals surface area contributed by atoms with Crippen LogP contribution in [-0.4, -0.2) is 11.1 Å². The van der Waals surface area contributed by atoms with Crippen molar-refractivity contribution in [2.24, 2.45) is 0 Å². The van der Waals surface area contributed by atoms with E-state index in [0.29, 0.717) is 17.4 Å². The second-order valence-corrected chi connectivity index (χ2v) is 5.18. The number of carboxylic acid groups (broad SMARTS) is 1. The van der Waals surface area contributed by atoms with E-state index in [-0.39, 0.29) is 5.56 Å². The lowest BCUT2D eigenvalue weighted by Crippen LogP contribution is -1.98. The van der Waals surface area contributed by atoms with Crippen molar-refractivity contribution in [2.45, 2.75) is 6.61 Å². The second kappa shape index (κ2) is 6.08. The number of halogens is 2. The maximum Gasteiger partial charge on any atom is 0.335 e. The fourth-order valence-corrected chi connectivity index (χ4v) is 2.22. The minimum absolute atomic E-state index is 0.231. The quantitative estimate of drug-likeness (QED) is 0.897. The minimum atomic E-state index is -0.956. The third-order valence-corrected chi connectivity index (χ3v) is 3.36. The van der Waals surface area contributed by atoms with Gasteiger partial charge in [-0.1, -0.05) is 33.6 Å². The summed E-state index contributed by atoms with van der Waals surface area (Å²) in [4.78, 5) is 10.7. The van der Waals surface area contributed by atoms with Gasteiger partial charge in [0.05, 0.1) is 5.56 Å². The van der Waals surface area contributed by atoms with Crippen LogP contribution in [0.25, 0.3) is 0 Å². The molecule has 0 saturated carbocycles. The van der Waals surface area contributed by atoms with Crippen LogP contribution in [0.2, 0.25) is 5.02 Å². The van der Waals surface area contributed by atoms with Gasteiger partial charge in [-0.05, 0) is 36.4 Å². The first-order valence-corrected chi connectivity index (χ1v) is 6.63. The van der Waals surface area contributed by atoms with Crippen molar-refractivity contribution in [3.63, 3.8) is 0 Å². The van der Waals surface area contributed by atoms with E-state index < -0.39 is 5.97 Å². The smallest absolute Gasteiger partial charge is 0.335 e. The number of carbonyl (C=O) groups is 1. The molecule has 5 heteroatoms. The van der Waals surface area contributed by atoms with E-state index in [9.17, 15) is 4.79 Å². The van der Waals surface area contributed by atoms with E-state index in [1.54, 1.807) is 18.2 Å². The first-order valence-electron chi connectivity index (χ1n) is 5.46. The Bertz CT molecular complexity index is 596. The van der Waals surface area contributed by atoms with Gasteiger partial charge in [0.25, 0.3) is 0 Å². The Labute approximate surface area is 123 Å². The standard InChI is InChI=1S/C14H10BrClO3/c15-11-4-1-10(13(16)7-11)8-19-12-5-2-9(3-6-12)14(17)18/h1-7H,8H2,(H,17,18). The van der Waals surface area contributed by atoms with Crippen LogP contribution in [0.1, 0.15) is 15.9 Å². The number of rotatable bonds is 4. The van der Waals surface area contributed by atoms with Gasteiger partial charge in [0.15, 0.2) is 0 Å². The predicted molar refractivity (Wildman–Crippen MR) is 76.9 cm³/mol. The summed E-state index contributed by atoms with van der Waals surface area (Å²) in [5, 5.41) is 9.41. The van der Waals surface area contributed by atoms with E-state index in [1.807, 2.05) is 12.1 Å². The van der Waals surface area contributed by atoms with Crippen LogP contribution >= 0.6 is 27.5 Å². The molecule has 0 amide bonds. The zero-order valence-electron chi connectivity index (χ0n) is 9.77. The summed E-state index contributed by atoms with van der Waals surface area (Å²) in [5.74, 6) is -0.355. The van der Waals surface area contributed by atoms with Gasteiger partial charge in [-0.15, -0.1) is 0 Å². The highest BCUT2D eigenvalue weighted by molar-refractivity contribution is 9.10. The molecule has 2 aromatic rings. The number of hydrogen-bond donors (Lipinski definition) is 1. The molecule has 98 valence electrons. The second-order valence-electron chi connectivity index (χ2n) is 3.85. The highest BCUT2D eigenvalue weighted by Gasteiger charge is 2.04. The zero-order chi connectivity index (χ0) is 13.8. The molecular weight excluding hydrogens is 332 g/mol. The topological polar surface area (TPSA) is 46.5 Å². The van der Waals surface area contributed by atoms with Gasteiger partial charge in [-0.2, -0.15) is 0 Å². The summed E-state index contributed by atoms with van der Waals surface area (Å²) in [6.07, 6.45) is 0. The summed E-state index contributed by atoms with van der Waals surface area (Å²) < 4.78 is 6.46. The van der Waals surface area contributed by atoms with Gasteiger partial charge >= 0.3 is 5.97 Å². The van der Waals surface area contributed by atoms with Crippen molar-refractivity contribution in [3.8, 4) is 5.75 Å². The Kier molecular flexibility index (Phi) is 4.45. The third kappa shape index (κ3) is 3.72. The molecule has 0 atom stereocenters. The van der Waals surface area contributed by atoms with Crippen LogP contribution in [0.4, 0.5) is 0 Å². The van der Waals surface area contributed by atoms with Gasteiger partial charge in [0.1, 0.15) is 12.4 Å². The van der Waals surface area contributed by atoms with Gasteiger partial charge in [-0.3, -0.25) is 0 Å². The summed E-state index contributed by atoms with van der Waals surface area (Å²) in [7, 11) is 0. The van der Waals surface area contributed by atoms with Crippen molar-refractivity contribution in [1.82, 2.24) is 0 Å². The molecule has 3 nitrogen and oxygen atoms in total. The van der Waals surface area contributed by atoms with Crippen LogP contribution in [0.15, 0.2) is 46.9 Å². The lowest BCUT2D eigenvalue weighted by molar-refractivity contribution is 0.0697. The molecule has 0 aromatic heterocycles. The van der Waals surface area contributed by atoms with Gasteiger partial charge < -0.3 is 9.84 Å². The largest absolute Gasteiger partial charge is 0.489 e. The van der Waals surface area contributed by atoms with Gasteiger partial charge in [-0.25, -0.2) is 4.79 Å². The molecule has 2 aromatic carbocycles. The molecule has 0 bridgehead atoms. The summed E-state index contributed by atoms with van der Waals surface area (Å²) in [6.45, 7) is 0.332. The van der Waals surface area contributed by atoms with Crippen LogP contribution < -0.4 is 4.74 Å². The summed E-state index contributed by atoms with van der Waals surface area (Å²) in [6, 6.07) is 11.8. The van der Waals surface area contributed by atoms with E-state index >= 15 is 0 Å².